The molecule has 0 saturated carbocycles. The molecule has 1 N–H and O–H groups in total. The fourth-order valence-corrected chi connectivity index (χ4v) is 4.33. The first-order chi connectivity index (χ1) is 9.50. The van der Waals surface area contributed by atoms with Gasteiger partial charge in [-0.3, -0.25) is 0 Å². The average molecular weight is 288 g/mol. The van der Waals surface area contributed by atoms with E-state index in [1.165, 1.54) is 0 Å². The Morgan fingerprint density at radius 2 is 1.90 bits per heavy atom. The monoisotopic (exact) mass is 288 g/mol. The summed E-state index contributed by atoms with van der Waals surface area (Å²) in [6, 6.07) is 11.9. The second kappa shape index (κ2) is 4.93. The number of aliphatic hydroxyl groups is 1. The van der Waals surface area contributed by atoms with Gasteiger partial charge in [0.25, 0.3) is 0 Å². The van der Waals surface area contributed by atoms with Crippen molar-refractivity contribution in [2.75, 3.05) is 11.5 Å². The van der Waals surface area contributed by atoms with E-state index in [0.717, 1.165) is 29.3 Å². The van der Waals surface area contributed by atoms with Crippen molar-refractivity contribution < 1.29 is 5.11 Å². The lowest BCUT2D eigenvalue weighted by Gasteiger charge is -2.41. The highest BCUT2D eigenvalue weighted by Gasteiger charge is 2.42. The summed E-state index contributed by atoms with van der Waals surface area (Å²) in [5.41, 5.74) is 1.22. The van der Waals surface area contributed by atoms with Crippen LogP contribution in [0.1, 0.15) is 26.0 Å². The molecule has 106 valence electrons. The Labute approximate surface area is 124 Å². The zero-order valence-electron chi connectivity index (χ0n) is 11.9. The number of hydrogen-bond acceptors (Lipinski definition) is 3. The minimum absolute atomic E-state index is 0.142. The van der Waals surface area contributed by atoms with E-state index in [9.17, 15) is 5.11 Å². The minimum Gasteiger partial charge on any atom is -0.383 e. The van der Waals surface area contributed by atoms with Crippen molar-refractivity contribution in [3.05, 3.63) is 48.3 Å². The highest BCUT2D eigenvalue weighted by atomic mass is 32.2. The minimum atomic E-state index is -0.807. The van der Waals surface area contributed by atoms with E-state index in [-0.39, 0.29) is 5.41 Å². The SMILES string of the molecule is CC1(C)CSCC(O)(c2ccnn2-c2ccccc2)C1. The molecule has 0 amide bonds. The van der Waals surface area contributed by atoms with Gasteiger partial charge in [-0.05, 0) is 35.8 Å². The Morgan fingerprint density at radius 1 is 1.15 bits per heavy atom. The molecule has 1 aromatic carbocycles. The van der Waals surface area contributed by atoms with Gasteiger partial charge in [0, 0.05) is 11.9 Å². The van der Waals surface area contributed by atoms with E-state index in [1.54, 1.807) is 6.20 Å². The zero-order valence-corrected chi connectivity index (χ0v) is 12.7. The van der Waals surface area contributed by atoms with E-state index in [0.29, 0.717) is 0 Å². The number of rotatable bonds is 2. The third-order valence-corrected chi connectivity index (χ3v) is 5.39. The Morgan fingerprint density at radius 3 is 2.60 bits per heavy atom. The van der Waals surface area contributed by atoms with Gasteiger partial charge in [-0.15, -0.1) is 0 Å². The molecule has 1 fully saturated rings. The number of thioether (sulfide) groups is 1. The van der Waals surface area contributed by atoms with Crippen molar-refractivity contribution in [1.29, 1.82) is 0 Å². The van der Waals surface area contributed by atoms with Crippen molar-refractivity contribution >= 4 is 11.8 Å². The molecular formula is C16H20N2OS. The number of para-hydroxylation sites is 1. The van der Waals surface area contributed by atoms with Crippen molar-refractivity contribution in [3.8, 4) is 5.69 Å². The van der Waals surface area contributed by atoms with E-state index in [1.807, 2.05) is 52.8 Å². The summed E-state index contributed by atoms with van der Waals surface area (Å²) in [6.07, 6.45) is 2.54. The molecule has 4 heteroatoms. The lowest BCUT2D eigenvalue weighted by atomic mass is 9.80. The van der Waals surface area contributed by atoms with Crippen LogP contribution in [0.15, 0.2) is 42.6 Å². The summed E-state index contributed by atoms with van der Waals surface area (Å²) < 4.78 is 1.86. The van der Waals surface area contributed by atoms with Gasteiger partial charge in [0.15, 0.2) is 0 Å². The van der Waals surface area contributed by atoms with E-state index < -0.39 is 5.60 Å². The quantitative estimate of drug-likeness (QED) is 0.922. The van der Waals surface area contributed by atoms with Gasteiger partial charge in [0.1, 0.15) is 5.60 Å². The number of hydrogen-bond donors (Lipinski definition) is 1. The first kappa shape index (κ1) is 13.7. The Hall–Kier alpha value is -1.26. The van der Waals surface area contributed by atoms with Crippen LogP contribution in [0, 0.1) is 5.41 Å². The first-order valence-corrected chi connectivity index (χ1v) is 8.06. The maximum Gasteiger partial charge on any atom is 0.116 e. The molecule has 2 aromatic rings. The highest BCUT2D eigenvalue weighted by molar-refractivity contribution is 7.99. The summed E-state index contributed by atoms with van der Waals surface area (Å²) in [5.74, 6) is 1.82. The molecule has 3 nitrogen and oxygen atoms in total. The topological polar surface area (TPSA) is 38.1 Å². The van der Waals surface area contributed by atoms with Gasteiger partial charge in [0.05, 0.1) is 11.4 Å². The lowest BCUT2D eigenvalue weighted by molar-refractivity contribution is 0.00963. The van der Waals surface area contributed by atoms with Gasteiger partial charge in [-0.1, -0.05) is 32.0 Å². The number of nitrogens with zero attached hydrogens (tertiary/aromatic N) is 2. The molecule has 1 aliphatic heterocycles. The van der Waals surface area contributed by atoms with Crippen molar-refractivity contribution in [2.45, 2.75) is 25.9 Å². The summed E-state index contributed by atoms with van der Waals surface area (Å²) >= 11 is 1.82. The Kier molecular flexibility index (Phi) is 3.38. The smallest absolute Gasteiger partial charge is 0.116 e. The highest BCUT2D eigenvalue weighted by Crippen LogP contribution is 2.44. The van der Waals surface area contributed by atoms with Crippen LogP contribution in [0.25, 0.3) is 5.69 Å². The maximum absolute atomic E-state index is 11.1. The molecule has 3 rings (SSSR count). The van der Waals surface area contributed by atoms with Crippen LogP contribution < -0.4 is 0 Å². The standard InChI is InChI=1S/C16H20N2OS/c1-15(2)10-16(19,12-20-11-15)14-8-9-17-18(14)13-6-4-3-5-7-13/h3-9,19H,10-12H2,1-2H3. The summed E-state index contributed by atoms with van der Waals surface area (Å²) in [4.78, 5) is 0. The van der Waals surface area contributed by atoms with Gasteiger partial charge in [-0.25, -0.2) is 4.68 Å². The largest absolute Gasteiger partial charge is 0.383 e. The first-order valence-electron chi connectivity index (χ1n) is 6.90. The van der Waals surface area contributed by atoms with Crippen LogP contribution in [0.5, 0.6) is 0 Å². The second-order valence-electron chi connectivity index (χ2n) is 6.33. The molecule has 20 heavy (non-hydrogen) atoms. The van der Waals surface area contributed by atoms with Gasteiger partial charge < -0.3 is 5.11 Å². The van der Waals surface area contributed by atoms with E-state index in [4.69, 9.17) is 0 Å². The molecule has 0 radical (unpaired) electrons. The molecule has 1 aromatic heterocycles. The Bertz CT molecular complexity index is 594. The molecule has 1 atom stereocenters. The molecule has 1 saturated heterocycles. The Balaban J connectivity index is 2.01. The summed E-state index contributed by atoms with van der Waals surface area (Å²) in [6.45, 7) is 4.43. The predicted molar refractivity (Wildman–Crippen MR) is 83.2 cm³/mol. The fraction of sp³-hybridized carbons (Fsp3) is 0.438. The zero-order chi connectivity index (χ0) is 14.2. The third-order valence-electron chi connectivity index (χ3n) is 3.72. The van der Waals surface area contributed by atoms with Crippen molar-refractivity contribution in [1.82, 2.24) is 9.78 Å². The van der Waals surface area contributed by atoms with Crippen LogP contribution in [0.3, 0.4) is 0 Å². The van der Waals surface area contributed by atoms with Crippen molar-refractivity contribution in [3.63, 3.8) is 0 Å². The normalized spacial score (nSPS) is 25.6. The van der Waals surface area contributed by atoms with E-state index in [2.05, 4.69) is 18.9 Å². The van der Waals surface area contributed by atoms with Crippen LogP contribution in [0.2, 0.25) is 0 Å². The molecule has 1 unspecified atom stereocenters. The number of aromatic nitrogens is 2. The van der Waals surface area contributed by atoms with Gasteiger partial charge >= 0.3 is 0 Å². The molecule has 0 spiro atoms. The molecule has 0 bridgehead atoms. The number of benzene rings is 1. The fourth-order valence-electron chi connectivity index (χ4n) is 2.99. The molecular weight excluding hydrogens is 268 g/mol. The molecule has 0 aliphatic carbocycles. The molecule has 2 heterocycles. The predicted octanol–water partition coefficient (Wildman–Crippen LogP) is 3.22. The lowest BCUT2D eigenvalue weighted by Crippen LogP contribution is -2.41. The van der Waals surface area contributed by atoms with Gasteiger partial charge in [-0.2, -0.15) is 16.9 Å². The van der Waals surface area contributed by atoms with Crippen LogP contribution in [-0.2, 0) is 5.60 Å². The van der Waals surface area contributed by atoms with Crippen LogP contribution in [0.4, 0.5) is 0 Å². The molecule has 1 aliphatic rings. The average Bonchev–Trinajstić information content (AvgIpc) is 2.88. The van der Waals surface area contributed by atoms with Gasteiger partial charge in [0.2, 0.25) is 0 Å². The van der Waals surface area contributed by atoms with Crippen LogP contribution >= 0.6 is 11.8 Å². The summed E-state index contributed by atoms with van der Waals surface area (Å²) in [7, 11) is 0. The van der Waals surface area contributed by atoms with Crippen LogP contribution in [-0.4, -0.2) is 26.4 Å². The maximum atomic E-state index is 11.1. The second-order valence-corrected chi connectivity index (χ2v) is 7.31. The van der Waals surface area contributed by atoms with E-state index >= 15 is 0 Å². The summed E-state index contributed by atoms with van der Waals surface area (Å²) in [5, 5.41) is 15.5. The van der Waals surface area contributed by atoms with Crippen molar-refractivity contribution in [2.24, 2.45) is 5.41 Å². The third kappa shape index (κ3) is 2.50.